The van der Waals surface area contributed by atoms with Gasteiger partial charge in [-0.3, -0.25) is 0 Å². The van der Waals surface area contributed by atoms with E-state index in [2.05, 4.69) is 19.2 Å². The van der Waals surface area contributed by atoms with Crippen LogP contribution in [-0.4, -0.2) is 45.1 Å². The lowest BCUT2D eigenvalue weighted by molar-refractivity contribution is 0.205. The van der Waals surface area contributed by atoms with Crippen molar-refractivity contribution < 1.29 is 17.9 Å². The van der Waals surface area contributed by atoms with Crippen molar-refractivity contribution in [2.45, 2.75) is 31.9 Å². The Balaban J connectivity index is 2.58. The number of nitrogens with one attached hydrogen (secondary N) is 1. The van der Waals surface area contributed by atoms with Gasteiger partial charge in [-0.25, -0.2) is 12.7 Å². The smallest absolute Gasteiger partial charge is 0.275 e. The monoisotopic (exact) mass is 304 g/mol. The second-order valence-corrected chi connectivity index (χ2v) is 7.83. The molecule has 0 radical (unpaired) electrons. The summed E-state index contributed by atoms with van der Waals surface area (Å²) in [4.78, 5) is 0. The molecule has 0 fully saturated rings. The van der Waals surface area contributed by atoms with E-state index in [0.717, 1.165) is 4.31 Å². The molecule has 0 aliphatic heterocycles. The van der Waals surface area contributed by atoms with Gasteiger partial charge in [-0.15, -0.1) is 0 Å². The zero-order chi connectivity index (χ0) is 15.4. The van der Waals surface area contributed by atoms with Crippen LogP contribution in [0.15, 0.2) is 21.6 Å². The highest BCUT2D eigenvalue weighted by Gasteiger charge is 2.22. The van der Waals surface area contributed by atoms with Crippen molar-refractivity contribution >= 4 is 10.0 Å². The molecule has 6 nitrogen and oxygen atoms in total. The lowest BCUT2D eigenvalue weighted by Crippen LogP contribution is -2.29. The summed E-state index contributed by atoms with van der Waals surface area (Å²) in [5, 5.41) is 12.1. The average Bonchev–Trinajstić information content (AvgIpc) is 2.77. The molecule has 2 N–H and O–H groups in total. The minimum absolute atomic E-state index is 0.0140. The summed E-state index contributed by atoms with van der Waals surface area (Å²) in [6.45, 7) is 5.43. The Morgan fingerprint density at radius 3 is 2.55 bits per heavy atom. The zero-order valence-corrected chi connectivity index (χ0v) is 13.3. The first kappa shape index (κ1) is 17.2. The average molecular weight is 304 g/mol. The standard InChI is InChI=1S/C13H24N2O4S/c1-13(2,7-8-16)10-14-9-11-5-6-12(19-11)20(17,18)15(3)4/h5-6,14,16H,7-10H2,1-4H3. The van der Waals surface area contributed by atoms with Crippen LogP contribution in [0.25, 0.3) is 0 Å². The number of rotatable bonds is 8. The fourth-order valence-corrected chi connectivity index (χ4v) is 2.50. The largest absolute Gasteiger partial charge is 0.447 e. The number of furan rings is 1. The molecule has 0 unspecified atom stereocenters. The Morgan fingerprint density at radius 2 is 2.00 bits per heavy atom. The van der Waals surface area contributed by atoms with Crippen LogP contribution in [0.2, 0.25) is 0 Å². The van der Waals surface area contributed by atoms with Crippen molar-refractivity contribution in [2.24, 2.45) is 5.41 Å². The van der Waals surface area contributed by atoms with Gasteiger partial charge in [-0.1, -0.05) is 13.8 Å². The van der Waals surface area contributed by atoms with Crippen LogP contribution >= 0.6 is 0 Å². The van der Waals surface area contributed by atoms with Gasteiger partial charge in [-0.05, 0) is 24.0 Å². The molecular formula is C13H24N2O4S. The molecule has 116 valence electrons. The van der Waals surface area contributed by atoms with Crippen molar-refractivity contribution in [2.75, 3.05) is 27.2 Å². The molecule has 0 aliphatic rings. The van der Waals surface area contributed by atoms with Crippen molar-refractivity contribution in [3.05, 3.63) is 17.9 Å². The summed E-state index contributed by atoms with van der Waals surface area (Å²) in [6.07, 6.45) is 0.707. The van der Waals surface area contributed by atoms with Crippen molar-refractivity contribution in [3.63, 3.8) is 0 Å². The van der Waals surface area contributed by atoms with Crippen LogP contribution in [0.4, 0.5) is 0 Å². The minimum atomic E-state index is -3.51. The summed E-state index contributed by atoms with van der Waals surface area (Å²) in [5.41, 5.74) is -0.0140. The van der Waals surface area contributed by atoms with Crippen molar-refractivity contribution in [1.29, 1.82) is 0 Å². The summed E-state index contributed by atoms with van der Waals surface area (Å²) in [6, 6.07) is 3.12. The van der Waals surface area contributed by atoms with E-state index in [0.29, 0.717) is 25.3 Å². The van der Waals surface area contributed by atoms with E-state index in [4.69, 9.17) is 9.52 Å². The molecule has 0 saturated carbocycles. The van der Waals surface area contributed by atoms with Crippen molar-refractivity contribution in [3.8, 4) is 0 Å². The van der Waals surface area contributed by atoms with Crippen LogP contribution < -0.4 is 5.32 Å². The predicted octanol–water partition coefficient (Wildman–Crippen LogP) is 1.03. The number of hydrogen-bond donors (Lipinski definition) is 2. The second kappa shape index (κ2) is 6.71. The van der Waals surface area contributed by atoms with Gasteiger partial charge in [0.1, 0.15) is 5.76 Å². The molecule has 0 bridgehead atoms. The van der Waals surface area contributed by atoms with Gasteiger partial charge < -0.3 is 14.8 Å². The van der Waals surface area contributed by atoms with Crippen LogP contribution in [-0.2, 0) is 16.6 Å². The van der Waals surface area contributed by atoms with Crippen LogP contribution in [0, 0.1) is 5.41 Å². The third kappa shape index (κ3) is 4.59. The van der Waals surface area contributed by atoms with E-state index in [-0.39, 0.29) is 17.1 Å². The maximum atomic E-state index is 11.8. The molecule has 0 atom stereocenters. The first-order valence-electron chi connectivity index (χ1n) is 6.52. The highest BCUT2D eigenvalue weighted by molar-refractivity contribution is 7.88. The molecule has 1 aromatic rings. The minimum Gasteiger partial charge on any atom is -0.447 e. The van der Waals surface area contributed by atoms with E-state index in [1.807, 2.05) is 0 Å². The molecule has 1 rings (SSSR count). The Hall–Kier alpha value is -0.890. The highest BCUT2D eigenvalue weighted by Crippen LogP contribution is 2.19. The third-order valence-corrected chi connectivity index (χ3v) is 4.75. The van der Waals surface area contributed by atoms with Gasteiger partial charge in [0.2, 0.25) is 5.09 Å². The normalized spacial score (nSPS) is 13.1. The summed E-state index contributed by atoms with van der Waals surface area (Å²) in [5.74, 6) is 0.574. The molecule has 0 amide bonds. The van der Waals surface area contributed by atoms with Gasteiger partial charge in [0.15, 0.2) is 0 Å². The highest BCUT2D eigenvalue weighted by atomic mass is 32.2. The van der Waals surface area contributed by atoms with E-state index in [1.165, 1.54) is 20.2 Å². The molecule has 20 heavy (non-hydrogen) atoms. The van der Waals surface area contributed by atoms with Gasteiger partial charge >= 0.3 is 0 Å². The Bertz CT molecular complexity index is 520. The molecule has 0 saturated heterocycles. The fourth-order valence-electron chi connectivity index (χ4n) is 1.69. The van der Waals surface area contributed by atoms with Gasteiger partial charge in [0.05, 0.1) is 6.54 Å². The van der Waals surface area contributed by atoms with Gasteiger partial charge in [0, 0.05) is 27.2 Å². The molecule has 1 aromatic heterocycles. The van der Waals surface area contributed by atoms with E-state index >= 15 is 0 Å². The predicted molar refractivity (Wildman–Crippen MR) is 76.8 cm³/mol. The van der Waals surface area contributed by atoms with Crippen LogP contribution in [0.1, 0.15) is 26.0 Å². The molecular weight excluding hydrogens is 280 g/mol. The van der Waals surface area contributed by atoms with Crippen LogP contribution in [0.5, 0.6) is 0 Å². The number of aliphatic hydroxyl groups excluding tert-OH is 1. The van der Waals surface area contributed by atoms with E-state index in [9.17, 15) is 8.42 Å². The van der Waals surface area contributed by atoms with E-state index in [1.54, 1.807) is 6.07 Å². The summed E-state index contributed by atoms with van der Waals surface area (Å²) < 4.78 is 30.2. The second-order valence-electron chi connectivity index (χ2n) is 5.75. The number of sulfonamides is 1. The SMILES string of the molecule is CN(C)S(=O)(=O)c1ccc(CNCC(C)(C)CCO)o1. The number of aliphatic hydroxyl groups is 1. The summed E-state index contributed by atoms with van der Waals surface area (Å²) >= 11 is 0. The lowest BCUT2D eigenvalue weighted by atomic mass is 9.90. The third-order valence-electron chi connectivity index (χ3n) is 3.06. The Morgan fingerprint density at radius 1 is 1.35 bits per heavy atom. The topological polar surface area (TPSA) is 82.8 Å². The molecule has 0 aromatic carbocycles. The Kier molecular flexibility index (Phi) is 5.76. The maximum Gasteiger partial charge on any atom is 0.275 e. The van der Waals surface area contributed by atoms with Crippen molar-refractivity contribution in [1.82, 2.24) is 9.62 Å². The fraction of sp³-hybridized carbons (Fsp3) is 0.692. The molecule has 0 aliphatic carbocycles. The van der Waals surface area contributed by atoms with Crippen LogP contribution in [0.3, 0.4) is 0 Å². The lowest BCUT2D eigenvalue weighted by Gasteiger charge is -2.23. The number of hydrogen-bond acceptors (Lipinski definition) is 5. The molecule has 7 heteroatoms. The molecule has 1 heterocycles. The maximum absolute atomic E-state index is 11.8. The first-order valence-corrected chi connectivity index (χ1v) is 7.96. The zero-order valence-electron chi connectivity index (χ0n) is 12.5. The molecule has 0 spiro atoms. The summed E-state index contributed by atoms with van der Waals surface area (Å²) in [7, 11) is -0.581. The van der Waals surface area contributed by atoms with Gasteiger partial charge in [-0.2, -0.15) is 0 Å². The number of nitrogens with zero attached hydrogens (tertiary/aromatic N) is 1. The first-order chi connectivity index (χ1) is 9.19. The quantitative estimate of drug-likeness (QED) is 0.749. The van der Waals surface area contributed by atoms with Gasteiger partial charge in [0.25, 0.3) is 10.0 Å². The Labute approximate surface area is 120 Å². The van der Waals surface area contributed by atoms with E-state index < -0.39 is 10.0 Å².